The number of halogens is 1. The number of rotatable bonds is 4. The zero-order valence-corrected chi connectivity index (χ0v) is 14.3. The molecule has 6 heteroatoms. The molecule has 2 aliphatic heterocycles. The first-order chi connectivity index (χ1) is 11.6. The minimum absolute atomic E-state index is 0.00755. The van der Waals surface area contributed by atoms with Gasteiger partial charge in [0.1, 0.15) is 5.82 Å². The molecule has 2 atom stereocenters. The summed E-state index contributed by atoms with van der Waals surface area (Å²) in [6.07, 6.45) is 1.21. The summed E-state index contributed by atoms with van der Waals surface area (Å²) in [5, 5.41) is 6.41. The van der Waals surface area contributed by atoms with Gasteiger partial charge < -0.3 is 15.5 Å². The van der Waals surface area contributed by atoms with Gasteiger partial charge in [-0.15, -0.1) is 0 Å². The minimum atomic E-state index is -0.231. The van der Waals surface area contributed by atoms with Crippen molar-refractivity contribution in [3.8, 4) is 0 Å². The summed E-state index contributed by atoms with van der Waals surface area (Å²) in [6.45, 7) is 8.25. The van der Waals surface area contributed by atoms with Crippen LogP contribution >= 0.6 is 0 Å². The molecule has 0 bridgehead atoms. The molecule has 5 nitrogen and oxygen atoms in total. The first kappa shape index (κ1) is 17.2. The molecule has 132 valence electrons. The fourth-order valence-electron chi connectivity index (χ4n) is 3.50. The van der Waals surface area contributed by atoms with E-state index in [0.717, 1.165) is 44.8 Å². The van der Waals surface area contributed by atoms with E-state index in [1.807, 2.05) is 11.8 Å². The van der Waals surface area contributed by atoms with Crippen molar-refractivity contribution in [1.82, 2.24) is 20.4 Å². The fourth-order valence-corrected chi connectivity index (χ4v) is 3.50. The smallest absolute Gasteiger partial charge is 0.317 e. The van der Waals surface area contributed by atoms with E-state index >= 15 is 0 Å². The van der Waals surface area contributed by atoms with Crippen molar-refractivity contribution < 1.29 is 9.18 Å². The van der Waals surface area contributed by atoms with Crippen molar-refractivity contribution >= 4 is 6.03 Å². The molecule has 0 spiro atoms. The van der Waals surface area contributed by atoms with Crippen LogP contribution in [-0.2, 0) is 0 Å². The van der Waals surface area contributed by atoms with E-state index < -0.39 is 0 Å². The van der Waals surface area contributed by atoms with Gasteiger partial charge in [0.2, 0.25) is 0 Å². The predicted molar refractivity (Wildman–Crippen MR) is 92.6 cm³/mol. The molecular weight excluding hydrogens is 307 g/mol. The first-order valence-electron chi connectivity index (χ1n) is 8.86. The topological polar surface area (TPSA) is 47.6 Å². The van der Waals surface area contributed by atoms with Crippen LogP contribution < -0.4 is 10.6 Å². The summed E-state index contributed by atoms with van der Waals surface area (Å²) < 4.78 is 13.0. The van der Waals surface area contributed by atoms with Gasteiger partial charge in [-0.2, -0.15) is 0 Å². The number of carbonyl (C=O) groups is 1. The average molecular weight is 334 g/mol. The number of hydrogen-bond donors (Lipinski definition) is 2. The largest absolute Gasteiger partial charge is 0.337 e. The molecule has 1 aromatic carbocycles. The van der Waals surface area contributed by atoms with Gasteiger partial charge in [0, 0.05) is 45.3 Å². The molecule has 0 aromatic heterocycles. The van der Waals surface area contributed by atoms with E-state index in [1.165, 1.54) is 18.6 Å². The molecule has 1 aromatic rings. The van der Waals surface area contributed by atoms with Crippen molar-refractivity contribution in [2.75, 3.05) is 45.8 Å². The second-order valence-electron chi connectivity index (χ2n) is 6.81. The lowest BCUT2D eigenvalue weighted by Crippen LogP contribution is -2.54. The van der Waals surface area contributed by atoms with Crippen LogP contribution in [0.3, 0.4) is 0 Å². The molecule has 3 rings (SSSR count). The van der Waals surface area contributed by atoms with E-state index in [9.17, 15) is 9.18 Å². The zero-order valence-electron chi connectivity index (χ0n) is 14.3. The lowest BCUT2D eigenvalue weighted by molar-refractivity contribution is 0.114. The maximum absolute atomic E-state index is 13.0. The fraction of sp³-hybridized carbons (Fsp3) is 0.611. The highest BCUT2D eigenvalue weighted by atomic mass is 19.1. The summed E-state index contributed by atoms with van der Waals surface area (Å²) in [7, 11) is 0. The normalized spacial score (nSPS) is 23.2. The monoisotopic (exact) mass is 334 g/mol. The van der Waals surface area contributed by atoms with E-state index in [0.29, 0.717) is 12.6 Å². The number of benzene rings is 1. The highest BCUT2D eigenvalue weighted by Crippen LogP contribution is 2.15. The molecule has 0 radical (unpaired) electrons. The Hall–Kier alpha value is -1.66. The number of nitrogens with zero attached hydrogens (tertiary/aromatic N) is 2. The third-order valence-electron chi connectivity index (χ3n) is 5.15. The number of nitrogens with one attached hydrogen (secondary N) is 2. The number of carbonyl (C=O) groups excluding carboxylic acids is 1. The summed E-state index contributed by atoms with van der Waals surface area (Å²) >= 11 is 0. The van der Waals surface area contributed by atoms with Crippen LogP contribution in [0.25, 0.3) is 0 Å². The molecular formula is C18H27FN4O. The molecule has 2 aliphatic rings. The quantitative estimate of drug-likeness (QED) is 0.880. The van der Waals surface area contributed by atoms with Crippen molar-refractivity contribution in [3.63, 3.8) is 0 Å². The van der Waals surface area contributed by atoms with Gasteiger partial charge in [-0.3, -0.25) is 4.90 Å². The Labute approximate surface area is 143 Å². The highest BCUT2D eigenvalue weighted by molar-refractivity contribution is 5.74. The van der Waals surface area contributed by atoms with E-state index in [-0.39, 0.29) is 17.8 Å². The van der Waals surface area contributed by atoms with Crippen LogP contribution in [0.5, 0.6) is 0 Å². The summed E-state index contributed by atoms with van der Waals surface area (Å²) in [5.74, 6) is -0.0641. The average Bonchev–Trinajstić information content (AvgIpc) is 3.15. The van der Waals surface area contributed by atoms with E-state index in [2.05, 4.69) is 15.5 Å². The Morgan fingerprint density at radius 1 is 1.29 bits per heavy atom. The highest BCUT2D eigenvalue weighted by Gasteiger charge is 2.27. The molecule has 24 heavy (non-hydrogen) atoms. The van der Waals surface area contributed by atoms with Gasteiger partial charge in [0.05, 0.1) is 0 Å². The molecule has 2 heterocycles. The molecule has 2 amide bonds. The third-order valence-corrected chi connectivity index (χ3v) is 5.15. The van der Waals surface area contributed by atoms with Crippen molar-refractivity contribution in [1.29, 1.82) is 0 Å². The van der Waals surface area contributed by atoms with Gasteiger partial charge in [-0.1, -0.05) is 19.1 Å². The third kappa shape index (κ3) is 4.24. The van der Waals surface area contributed by atoms with Crippen LogP contribution in [0.15, 0.2) is 24.3 Å². The van der Waals surface area contributed by atoms with Crippen molar-refractivity contribution in [3.05, 3.63) is 35.6 Å². The van der Waals surface area contributed by atoms with Crippen LogP contribution in [-0.4, -0.2) is 67.7 Å². The van der Waals surface area contributed by atoms with Gasteiger partial charge in [-0.25, -0.2) is 9.18 Å². The molecule has 0 aliphatic carbocycles. The summed E-state index contributed by atoms with van der Waals surface area (Å²) in [4.78, 5) is 16.7. The molecule has 0 saturated carbocycles. The summed E-state index contributed by atoms with van der Waals surface area (Å²) in [6, 6.07) is 7.12. The predicted octanol–water partition coefficient (Wildman–Crippen LogP) is 1.62. The Kier molecular flexibility index (Phi) is 5.68. The van der Waals surface area contributed by atoms with Gasteiger partial charge in [0.25, 0.3) is 0 Å². The minimum Gasteiger partial charge on any atom is -0.337 e. The Morgan fingerprint density at radius 2 is 2.00 bits per heavy atom. The molecule has 2 unspecified atom stereocenters. The van der Waals surface area contributed by atoms with Crippen molar-refractivity contribution in [2.45, 2.75) is 25.3 Å². The molecule has 2 saturated heterocycles. The first-order valence-corrected chi connectivity index (χ1v) is 8.86. The van der Waals surface area contributed by atoms with Crippen LogP contribution in [0, 0.1) is 5.82 Å². The number of amides is 2. The number of piperazine rings is 1. The molecule has 2 N–H and O–H groups in total. The van der Waals surface area contributed by atoms with Crippen molar-refractivity contribution in [2.24, 2.45) is 0 Å². The summed E-state index contributed by atoms with van der Waals surface area (Å²) in [5.41, 5.74) is 1.04. The van der Waals surface area contributed by atoms with Gasteiger partial charge in [-0.05, 0) is 36.6 Å². The maximum atomic E-state index is 13.0. The Bertz CT molecular complexity index is 536. The van der Waals surface area contributed by atoms with E-state index in [4.69, 9.17) is 0 Å². The second-order valence-corrected chi connectivity index (χ2v) is 6.81. The lowest BCUT2D eigenvalue weighted by Gasteiger charge is -2.37. The number of urea groups is 1. The zero-order chi connectivity index (χ0) is 16.9. The second kappa shape index (κ2) is 7.94. The Morgan fingerprint density at radius 3 is 2.62 bits per heavy atom. The van der Waals surface area contributed by atoms with Crippen LogP contribution in [0.2, 0.25) is 0 Å². The van der Waals surface area contributed by atoms with Gasteiger partial charge in [0.15, 0.2) is 0 Å². The SMILES string of the molecule is CC(CNC(=O)N1CCN(C2CCNC2)CC1)c1ccc(F)cc1. The van der Waals surface area contributed by atoms with E-state index in [1.54, 1.807) is 12.1 Å². The van der Waals surface area contributed by atoms with Crippen LogP contribution in [0.1, 0.15) is 24.8 Å². The number of hydrogen-bond acceptors (Lipinski definition) is 3. The lowest BCUT2D eigenvalue weighted by atomic mass is 10.0. The maximum Gasteiger partial charge on any atom is 0.317 e. The van der Waals surface area contributed by atoms with Crippen LogP contribution in [0.4, 0.5) is 9.18 Å². The van der Waals surface area contributed by atoms with Gasteiger partial charge >= 0.3 is 6.03 Å². The standard InChI is InChI=1S/C18H27FN4O/c1-14(15-2-4-16(19)5-3-15)12-21-18(24)23-10-8-22(9-11-23)17-6-7-20-13-17/h2-5,14,17,20H,6-13H2,1H3,(H,21,24). The Balaban J connectivity index is 1.41. The molecule has 2 fully saturated rings.